The average Bonchev–Trinajstić information content (AvgIpc) is 2.71. The van der Waals surface area contributed by atoms with E-state index < -0.39 is 57.2 Å². The molecule has 168 valence electrons. The summed E-state index contributed by atoms with van der Waals surface area (Å²) in [5.74, 6) is -4.97. The van der Waals surface area contributed by atoms with Gasteiger partial charge in [0.2, 0.25) is 5.43 Å². The maximum Gasteiger partial charge on any atom is 0.511 e. The topological polar surface area (TPSA) is 75.0 Å². The highest BCUT2D eigenvalue weighted by molar-refractivity contribution is 5.87. The predicted octanol–water partition coefficient (Wildman–Crippen LogP) is 3.36. The summed E-state index contributed by atoms with van der Waals surface area (Å²) in [5.41, 5.74) is -2.37. The van der Waals surface area contributed by atoms with E-state index in [1.54, 1.807) is 0 Å². The van der Waals surface area contributed by atoms with Gasteiger partial charge in [-0.25, -0.2) is 22.4 Å². The van der Waals surface area contributed by atoms with Crippen LogP contribution in [0.5, 0.6) is 5.75 Å². The summed E-state index contributed by atoms with van der Waals surface area (Å²) in [6, 6.07) is 3.20. The molecule has 0 atom stereocenters. The van der Waals surface area contributed by atoms with Crippen molar-refractivity contribution in [2.45, 2.75) is 0 Å². The van der Waals surface area contributed by atoms with Crippen LogP contribution < -0.4 is 15.1 Å². The second-order valence-corrected chi connectivity index (χ2v) is 7.36. The number of aromatic nitrogens is 1. The molecule has 1 aromatic heterocycles. The van der Waals surface area contributed by atoms with Gasteiger partial charge in [0, 0.05) is 32.2 Å². The van der Waals surface area contributed by atoms with E-state index in [2.05, 4.69) is 4.74 Å². The maximum absolute atomic E-state index is 15.7. The van der Waals surface area contributed by atoms with Gasteiger partial charge in [0.25, 0.3) is 0 Å². The monoisotopic (exact) mass is 451 g/mol. The number of halogens is 4. The standard InChI is InChI=1S/C21H17F4N3O4/c1-26-4-6-27(7-5-26)19-14(24)9-12-18(17(19)25)28(10-16(20(12)29)32-21(30)31)15-3-2-11(22)8-13(15)23/h2-3,8-10H,4-7H2,1H3,(H,30,31). The fraction of sp³-hybridized carbons (Fsp3) is 0.238. The third-order valence-corrected chi connectivity index (χ3v) is 5.31. The van der Waals surface area contributed by atoms with Gasteiger partial charge in [0.1, 0.15) is 23.1 Å². The predicted molar refractivity (Wildman–Crippen MR) is 108 cm³/mol. The molecule has 2 aromatic carbocycles. The molecule has 0 unspecified atom stereocenters. The van der Waals surface area contributed by atoms with Crippen LogP contribution in [-0.2, 0) is 0 Å². The van der Waals surface area contributed by atoms with Crippen LogP contribution in [0.2, 0.25) is 0 Å². The average molecular weight is 451 g/mol. The molecule has 7 nitrogen and oxygen atoms in total. The van der Waals surface area contributed by atoms with E-state index in [0.29, 0.717) is 32.2 Å². The van der Waals surface area contributed by atoms with Crippen molar-refractivity contribution in [3.63, 3.8) is 0 Å². The molecule has 1 aliphatic rings. The molecular formula is C21H17F4N3O4. The lowest BCUT2D eigenvalue weighted by Crippen LogP contribution is -2.45. The highest BCUT2D eigenvalue weighted by Crippen LogP contribution is 2.33. The summed E-state index contributed by atoms with van der Waals surface area (Å²) in [6.07, 6.45) is -1.06. The highest BCUT2D eigenvalue weighted by atomic mass is 19.1. The normalized spacial score (nSPS) is 14.7. The molecule has 1 N–H and O–H groups in total. The molecule has 1 saturated heterocycles. The van der Waals surface area contributed by atoms with Crippen molar-refractivity contribution in [1.29, 1.82) is 0 Å². The number of hydrogen-bond donors (Lipinski definition) is 1. The number of benzene rings is 2. The van der Waals surface area contributed by atoms with E-state index in [-0.39, 0.29) is 5.69 Å². The van der Waals surface area contributed by atoms with Crippen LogP contribution in [-0.4, -0.2) is 54.0 Å². The molecule has 2 heterocycles. The highest BCUT2D eigenvalue weighted by Gasteiger charge is 2.27. The molecule has 0 bridgehead atoms. The molecule has 3 aromatic rings. The molecule has 4 rings (SSSR count). The van der Waals surface area contributed by atoms with Gasteiger partial charge >= 0.3 is 6.16 Å². The largest absolute Gasteiger partial charge is 0.511 e. The van der Waals surface area contributed by atoms with Crippen LogP contribution in [0, 0.1) is 23.3 Å². The van der Waals surface area contributed by atoms with Crippen LogP contribution >= 0.6 is 0 Å². The molecule has 0 saturated carbocycles. The number of rotatable bonds is 3. The van der Waals surface area contributed by atoms with Crippen LogP contribution in [0.1, 0.15) is 0 Å². The number of carbonyl (C=O) groups is 1. The Morgan fingerprint density at radius 3 is 2.34 bits per heavy atom. The molecule has 0 radical (unpaired) electrons. The maximum atomic E-state index is 15.7. The van der Waals surface area contributed by atoms with Gasteiger partial charge in [-0.15, -0.1) is 0 Å². The van der Waals surface area contributed by atoms with Gasteiger partial charge < -0.3 is 24.2 Å². The molecule has 0 spiro atoms. The Bertz CT molecular complexity index is 1290. The number of likely N-dealkylation sites (N-methyl/N-ethyl adjacent to an activating group) is 1. The summed E-state index contributed by atoms with van der Waals surface area (Å²) in [6.45, 7) is 1.71. The lowest BCUT2D eigenvalue weighted by Gasteiger charge is -2.34. The molecule has 0 aliphatic carbocycles. The first-order chi connectivity index (χ1) is 15.2. The van der Waals surface area contributed by atoms with Crippen LogP contribution in [0.3, 0.4) is 0 Å². The Kier molecular flexibility index (Phi) is 5.51. The zero-order valence-corrected chi connectivity index (χ0v) is 16.7. The second kappa shape index (κ2) is 8.15. The van der Waals surface area contributed by atoms with Crippen molar-refractivity contribution in [2.24, 2.45) is 0 Å². The summed E-state index contributed by atoms with van der Waals surface area (Å²) in [5, 5.41) is 8.35. The minimum Gasteiger partial charge on any atom is -0.449 e. The van der Waals surface area contributed by atoms with Crippen molar-refractivity contribution < 1.29 is 32.2 Å². The third-order valence-electron chi connectivity index (χ3n) is 5.31. The minimum atomic E-state index is -1.84. The van der Waals surface area contributed by atoms with E-state index in [1.807, 2.05) is 11.9 Å². The molecule has 1 aliphatic heterocycles. The third kappa shape index (κ3) is 3.75. The lowest BCUT2D eigenvalue weighted by atomic mass is 10.1. The van der Waals surface area contributed by atoms with Crippen molar-refractivity contribution in [3.05, 3.63) is 64.0 Å². The van der Waals surface area contributed by atoms with Crippen LogP contribution in [0.15, 0.2) is 35.3 Å². The lowest BCUT2D eigenvalue weighted by molar-refractivity contribution is 0.144. The fourth-order valence-corrected chi connectivity index (χ4v) is 3.73. The number of piperazine rings is 1. The minimum absolute atomic E-state index is 0.311. The molecule has 32 heavy (non-hydrogen) atoms. The first-order valence-electron chi connectivity index (χ1n) is 9.54. The Morgan fingerprint density at radius 1 is 1.03 bits per heavy atom. The number of carboxylic acid groups (broad SMARTS) is 1. The number of ether oxygens (including phenoxy) is 1. The van der Waals surface area contributed by atoms with Gasteiger partial charge in [0.15, 0.2) is 11.6 Å². The first kappa shape index (κ1) is 21.6. The van der Waals surface area contributed by atoms with Crippen molar-refractivity contribution in [1.82, 2.24) is 9.47 Å². The quantitative estimate of drug-likeness (QED) is 0.486. The molecule has 11 heteroatoms. The smallest absolute Gasteiger partial charge is 0.449 e. The van der Waals surface area contributed by atoms with Crippen LogP contribution in [0.25, 0.3) is 16.6 Å². The summed E-state index contributed by atoms with van der Waals surface area (Å²) < 4.78 is 64.0. The van der Waals surface area contributed by atoms with E-state index in [1.165, 1.54) is 4.90 Å². The Labute approximate surface area is 178 Å². The van der Waals surface area contributed by atoms with E-state index >= 15 is 4.39 Å². The summed E-state index contributed by atoms with van der Waals surface area (Å²) in [7, 11) is 1.86. The first-order valence-corrected chi connectivity index (χ1v) is 9.54. The number of fused-ring (bicyclic) bond motifs is 1. The van der Waals surface area contributed by atoms with E-state index in [4.69, 9.17) is 5.11 Å². The van der Waals surface area contributed by atoms with Crippen molar-refractivity contribution >= 4 is 22.7 Å². The number of pyridine rings is 1. The fourth-order valence-electron chi connectivity index (χ4n) is 3.73. The Hall–Kier alpha value is -3.60. The summed E-state index contributed by atoms with van der Waals surface area (Å²) >= 11 is 0. The van der Waals surface area contributed by atoms with Gasteiger partial charge in [-0.1, -0.05) is 0 Å². The van der Waals surface area contributed by atoms with Crippen molar-refractivity contribution in [2.75, 3.05) is 38.1 Å². The van der Waals surface area contributed by atoms with Crippen LogP contribution in [0.4, 0.5) is 28.0 Å². The Morgan fingerprint density at radius 2 is 1.72 bits per heavy atom. The number of anilines is 1. The number of hydrogen-bond acceptors (Lipinski definition) is 5. The zero-order chi connectivity index (χ0) is 23.2. The van der Waals surface area contributed by atoms with Crippen molar-refractivity contribution in [3.8, 4) is 11.4 Å². The Balaban J connectivity index is 2.05. The SMILES string of the molecule is CN1CCN(c2c(F)cc3c(=O)c(OC(=O)O)cn(-c4ccc(F)cc4F)c3c2F)CC1. The van der Waals surface area contributed by atoms with Gasteiger partial charge in [-0.3, -0.25) is 4.79 Å². The summed E-state index contributed by atoms with van der Waals surface area (Å²) in [4.78, 5) is 27.1. The van der Waals surface area contributed by atoms with Gasteiger partial charge in [-0.05, 0) is 25.2 Å². The molecule has 0 amide bonds. The van der Waals surface area contributed by atoms with E-state index in [0.717, 1.165) is 29.0 Å². The van der Waals surface area contributed by atoms with E-state index in [9.17, 15) is 22.8 Å². The number of nitrogens with zero attached hydrogens (tertiary/aromatic N) is 3. The second-order valence-electron chi connectivity index (χ2n) is 7.36. The molecule has 1 fully saturated rings. The van der Waals surface area contributed by atoms with Gasteiger partial charge in [0.05, 0.1) is 22.8 Å². The zero-order valence-electron chi connectivity index (χ0n) is 16.7. The van der Waals surface area contributed by atoms with Gasteiger partial charge in [-0.2, -0.15) is 0 Å². The molecular weight excluding hydrogens is 434 g/mol.